The Hall–Kier alpha value is -3.73. The van der Waals surface area contributed by atoms with Crippen molar-refractivity contribution in [3.8, 4) is 12.0 Å². The van der Waals surface area contributed by atoms with Gasteiger partial charge in [0.2, 0.25) is 0 Å². The van der Waals surface area contributed by atoms with Gasteiger partial charge in [-0.05, 0) is 61.5 Å². The molecule has 0 bridgehead atoms. The van der Waals surface area contributed by atoms with E-state index >= 15 is 0 Å². The van der Waals surface area contributed by atoms with Crippen molar-refractivity contribution in [2.45, 2.75) is 64.8 Å². The lowest BCUT2D eigenvalue weighted by atomic mass is 10.1. The normalized spacial score (nSPS) is 12.7. The zero-order valence-corrected chi connectivity index (χ0v) is 30.5. The number of nitrogens with zero attached hydrogens (tertiary/aromatic N) is 4. The fourth-order valence-electron chi connectivity index (χ4n) is 6.72. The predicted octanol–water partition coefficient (Wildman–Crippen LogP) is 8.25. The largest absolute Gasteiger partial charge is 0.388 e. The highest BCUT2D eigenvalue weighted by atomic mass is 28.3. The first kappa shape index (κ1) is 29.0. The van der Waals surface area contributed by atoms with Crippen LogP contribution in [0.5, 0.6) is 0 Å². The van der Waals surface area contributed by atoms with Crippen molar-refractivity contribution in [3.63, 3.8) is 0 Å². The highest BCUT2D eigenvalue weighted by Crippen LogP contribution is 2.36. The van der Waals surface area contributed by atoms with Crippen molar-refractivity contribution < 1.29 is 4.42 Å². The van der Waals surface area contributed by atoms with Crippen LogP contribution < -0.4 is 5.19 Å². The standard InChI is InChI=1S/C36H42N4OSi3/c1-23-9-13-31-27(17-23)28-18-24(21-42(2)3)10-14-32(28)39(31)35-37-38-36(41-35)40-33-15-11-25(22-43(4)5)19-29(33)30-20-26(44(6,7)8)12-16-34(30)40/h9-20,42-43H,21-22H2,1-8H3. The van der Waals surface area contributed by atoms with E-state index < -0.39 is 25.7 Å². The molecule has 7 aromatic rings. The summed E-state index contributed by atoms with van der Waals surface area (Å²) in [6.45, 7) is 19.0. The molecule has 0 aliphatic heterocycles. The average Bonchev–Trinajstić information content (AvgIpc) is 3.63. The second kappa shape index (κ2) is 10.7. The van der Waals surface area contributed by atoms with Gasteiger partial charge in [-0.25, -0.2) is 0 Å². The van der Waals surface area contributed by atoms with Crippen molar-refractivity contribution in [3.05, 3.63) is 89.5 Å². The summed E-state index contributed by atoms with van der Waals surface area (Å²) in [4.78, 5) is 0. The zero-order chi connectivity index (χ0) is 30.9. The molecule has 3 heterocycles. The van der Waals surface area contributed by atoms with Gasteiger partial charge in [0.15, 0.2) is 0 Å². The number of rotatable bonds is 7. The van der Waals surface area contributed by atoms with E-state index in [0.29, 0.717) is 12.0 Å². The topological polar surface area (TPSA) is 48.8 Å². The first-order valence-electron chi connectivity index (χ1n) is 15.9. The average molecular weight is 631 g/mol. The van der Waals surface area contributed by atoms with Crippen molar-refractivity contribution in [1.29, 1.82) is 0 Å². The van der Waals surface area contributed by atoms with Crippen LogP contribution in [0.25, 0.3) is 55.6 Å². The Labute approximate surface area is 263 Å². The molecule has 0 aliphatic carbocycles. The van der Waals surface area contributed by atoms with E-state index in [0.717, 1.165) is 22.1 Å². The Balaban J connectivity index is 1.44. The van der Waals surface area contributed by atoms with Crippen LogP contribution in [-0.4, -0.2) is 45.0 Å². The van der Waals surface area contributed by atoms with Gasteiger partial charge in [-0.15, -0.1) is 0 Å². The molecule has 44 heavy (non-hydrogen) atoms. The molecule has 0 saturated heterocycles. The summed E-state index contributed by atoms with van der Waals surface area (Å²) in [5, 5.41) is 15.8. The molecular formula is C36H42N4OSi3. The first-order valence-corrected chi connectivity index (χ1v) is 25.7. The molecule has 0 atom stereocenters. The molecule has 0 N–H and O–H groups in total. The molecule has 4 aromatic carbocycles. The zero-order valence-electron chi connectivity index (χ0n) is 27.2. The van der Waals surface area contributed by atoms with Gasteiger partial charge >= 0.3 is 12.0 Å². The Bertz CT molecular complexity index is 2200. The van der Waals surface area contributed by atoms with Gasteiger partial charge in [-0.1, -0.05) is 108 Å². The van der Waals surface area contributed by atoms with Crippen LogP contribution >= 0.6 is 0 Å². The number of hydrogen-bond donors (Lipinski definition) is 0. The van der Waals surface area contributed by atoms with Crippen LogP contribution in [0, 0.1) is 6.92 Å². The SMILES string of the molecule is Cc1ccc2c(c1)c1cc(C[SiH](C)C)ccc1n2-c1nnc(-n2c3ccc(C[SiH](C)C)cc3c3cc([Si](C)(C)C)ccc32)o1. The minimum Gasteiger partial charge on any atom is -0.388 e. The van der Waals surface area contributed by atoms with Gasteiger partial charge in [0, 0.05) is 39.1 Å². The molecule has 3 aromatic heterocycles. The van der Waals surface area contributed by atoms with Crippen LogP contribution in [-0.2, 0) is 12.1 Å². The van der Waals surface area contributed by atoms with Gasteiger partial charge in [0.25, 0.3) is 0 Å². The summed E-state index contributed by atoms with van der Waals surface area (Å²) in [7, 11) is -3.00. The van der Waals surface area contributed by atoms with Crippen LogP contribution in [0.4, 0.5) is 0 Å². The number of aryl methyl sites for hydroxylation is 1. The molecule has 0 unspecified atom stereocenters. The maximum absolute atomic E-state index is 6.65. The fraction of sp³-hybridized carbons (Fsp3) is 0.278. The van der Waals surface area contributed by atoms with Crippen molar-refractivity contribution in [1.82, 2.24) is 19.3 Å². The maximum atomic E-state index is 6.65. The van der Waals surface area contributed by atoms with Crippen LogP contribution in [0.3, 0.4) is 0 Å². The maximum Gasteiger partial charge on any atom is 0.328 e. The molecule has 0 aliphatic rings. The van der Waals surface area contributed by atoms with Crippen molar-refractivity contribution >= 4 is 74.5 Å². The predicted molar refractivity (Wildman–Crippen MR) is 196 cm³/mol. The summed E-state index contributed by atoms with van der Waals surface area (Å²) in [6.07, 6.45) is 0. The van der Waals surface area contributed by atoms with E-state index in [-0.39, 0.29) is 0 Å². The van der Waals surface area contributed by atoms with Gasteiger partial charge in [-0.2, -0.15) is 0 Å². The molecule has 0 fully saturated rings. The fourth-order valence-corrected chi connectivity index (χ4v) is 10.3. The van der Waals surface area contributed by atoms with E-state index in [9.17, 15) is 0 Å². The molecule has 7 rings (SSSR count). The van der Waals surface area contributed by atoms with E-state index in [1.807, 2.05) is 0 Å². The van der Waals surface area contributed by atoms with Gasteiger partial charge in [-0.3, -0.25) is 9.13 Å². The van der Waals surface area contributed by atoms with Gasteiger partial charge in [0.1, 0.15) is 0 Å². The molecule has 0 saturated carbocycles. The molecule has 0 amide bonds. The lowest BCUT2D eigenvalue weighted by Crippen LogP contribution is -2.37. The third-order valence-electron chi connectivity index (χ3n) is 8.75. The van der Waals surface area contributed by atoms with E-state index in [4.69, 9.17) is 9.52 Å². The number of benzene rings is 4. The summed E-state index contributed by atoms with van der Waals surface area (Å²) < 4.78 is 10.9. The number of hydrogen-bond acceptors (Lipinski definition) is 3. The van der Waals surface area contributed by atoms with Gasteiger partial charge in [0.05, 0.1) is 30.1 Å². The smallest absolute Gasteiger partial charge is 0.328 e. The lowest BCUT2D eigenvalue weighted by Gasteiger charge is -2.16. The minimum absolute atomic E-state index is 0.492. The quantitative estimate of drug-likeness (QED) is 0.167. The molecule has 5 nitrogen and oxygen atoms in total. The van der Waals surface area contributed by atoms with E-state index in [1.54, 1.807) is 0 Å². The second-order valence-corrected chi connectivity index (χ2v) is 25.9. The molecule has 8 heteroatoms. The summed E-state index contributed by atoms with van der Waals surface area (Å²) in [5.74, 6) is 0. The Morgan fingerprint density at radius 3 is 1.50 bits per heavy atom. The van der Waals surface area contributed by atoms with E-state index in [1.165, 1.54) is 55.5 Å². The van der Waals surface area contributed by atoms with Crippen molar-refractivity contribution in [2.75, 3.05) is 0 Å². The third-order valence-corrected chi connectivity index (χ3v) is 13.4. The third kappa shape index (κ3) is 4.98. The lowest BCUT2D eigenvalue weighted by molar-refractivity contribution is 0.515. The van der Waals surface area contributed by atoms with Gasteiger partial charge < -0.3 is 4.42 Å². The molecular weight excluding hydrogens is 589 g/mol. The minimum atomic E-state index is -1.50. The van der Waals surface area contributed by atoms with Crippen LogP contribution in [0.1, 0.15) is 16.7 Å². The molecule has 224 valence electrons. The Morgan fingerprint density at radius 1 is 0.591 bits per heavy atom. The Morgan fingerprint density at radius 2 is 1.02 bits per heavy atom. The molecule has 0 spiro atoms. The first-order chi connectivity index (χ1) is 21.0. The monoisotopic (exact) mass is 630 g/mol. The highest BCUT2D eigenvalue weighted by molar-refractivity contribution is 6.88. The second-order valence-electron chi connectivity index (χ2n) is 14.4. The highest BCUT2D eigenvalue weighted by Gasteiger charge is 2.23. The van der Waals surface area contributed by atoms with Crippen LogP contribution in [0.2, 0.25) is 45.8 Å². The summed E-state index contributed by atoms with van der Waals surface area (Å²) >= 11 is 0. The van der Waals surface area contributed by atoms with Crippen LogP contribution in [0.15, 0.2) is 77.2 Å². The van der Waals surface area contributed by atoms with Crippen molar-refractivity contribution in [2.24, 2.45) is 0 Å². The summed E-state index contributed by atoms with van der Waals surface area (Å²) in [5.41, 5.74) is 8.47. The number of aromatic nitrogens is 4. The van der Waals surface area contributed by atoms with E-state index in [2.05, 4.69) is 140 Å². The number of fused-ring (bicyclic) bond motifs is 6. The summed E-state index contributed by atoms with van der Waals surface area (Å²) in [6, 6.07) is 30.8. The Kier molecular flexibility index (Phi) is 7.06. The molecule has 0 radical (unpaired) electrons.